The van der Waals surface area contributed by atoms with E-state index in [1.54, 1.807) is 14.2 Å². The first-order valence-electron chi connectivity index (χ1n) is 8.47. The molecule has 0 unspecified atom stereocenters. The predicted octanol–water partition coefficient (Wildman–Crippen LogP) is 3.44. The van der Waals surface area contributed by atoms with Crippen molar-refractivity contribution in [3.8, 4) is 11.5 Å². The van der Waals surface area contributed by atoms with E-state index in [0.717, 1.165) is 29.2 Å². The molecule has 1 aliphatic rings. The summed E-state index contributed by atoms with van der Waals surface area (Å²) in [4.78, 5) is 11.5. The Morgan fingerprint density at radius 3 is 2.72 bits per heavy atom. The number of amides is 1. The van der Waals surface area contributed by atoms with Gasteiger partial charge in [0.1, 0.15) is 11.5 Å². The molecule has 0 saturated heterocycles. The summed E-state index contributed by atoms with van der Waals surface area (Å²) in [5.74, 6) is 1.69. The zero-order valence-electron chi connectivity index (χ0n) is 14.9. The number of carbonyl (C=O) groups excluding carboxylic acids is 1. The van der Waals surface area contributed by atoms with E-state index in [9.17, 15) is 4.79 Å². The van der Waals surface area contributed by atoms with E-state index >= 15 is 0 Å². The number of carbonyl (C=O) groups is 1. The minimum absolute atomic E-state index is 0.0954. The van der Waals surface area contributed by atoms with Gasteiger partial charge in [0.2, 0.25) is 5.91 Å². The van der Waals surface area contributed by atoms with E-state index in [0.29, 0.717) is 13.0 Å². The van der Waals surface area contributed by atoms with Crippen LogP contribution in [-0.2, 0) is 17.8 Å². The summed E-state index contributed by atoms with van der Waals surface area (Å²) in [6.45, 7) is 2.83. The highest BCUT2D eigenvalue weighted by Gasteiger charge is 2.16. The number of fused-ring (bicyclic) bond motifs is 1. The number of hydrogen-bond acceptors (Lipinski definition) is 4. The molecule has 3 rings (SSSR count). The van der Waals surface area contributed by atoms with Gasteiger partial charge in [0, 0.05) is 36.3 Å². The lowest BCUT2D eigenvalue weighted by Crippen LogP contribution is -2.21. The van der Waals surface area contributed by atoms with Crippen molar-refractivity contribution in [2.75, 3.05) is 19.5 Å². The lowest BCUT2D eigenvalue weighted by molar-refractivity contribution is -0.116. The first-order valence-corrected chi connectivity index (χ1v) is 8.47. The molecule has 1 amide bonds. The van der Waals surface area contributed by atoms with Gasteiger partial charge in [0.15, 0.2) is 0 Å². The van der Waals surface area contributed by atoms with Gasteiger partial charge < -0.3 is 20.1 Å². The van der Waals surface area contributed by atoms with Crippen LogP contribution < -0.4 is 20.1 Å². The van der Waals surface area contributed by atoms with Gasteiger partial charge in [0.05, 0.1) is 14.2 Å². The van der Waals surface area contributed by atoms with Crippen LogP contribution in [0, 0.1) is 0 Å². The molecule has 1 heterocycles. The van der Waals surface area contributed by atoms with Crippen LogP contribution in [0.4, 0.5) is 5.69 Å². The first-order chi connectivity index (χ1) is 12.1. The van der Waals surface area contributed by atoms with Gasteiger partial charge >= 0.3 is 0 Å². The molecule has 1 atom stereocenters. The molecular formula is C20H24N2O3. The fourth-order valence-electron chi connectivity index (χ4n) is 3.05. The summed E-state index contributed by atoms with van der Waals surface area (Å²) in [7, 11) is 3.31. The first kappa shape index (κ1) is 17.3. The molecule has 0 bridgehead atoms. The standard InChI is InChI=1S/C20H24N2O3/c1-13(14-5-8-18-15(10-14)6-9-20(23)22-18)21-12-16-4-7-17(24-2)11-19(16)25-3/h4-5,7-8,10-11,13,21H,6,9,12H2,1-3H3,(H,22,23)/t13-/m0/s1. The Hall–Kier alpha value is -2.53. The van der Waals surface area contributed by atoms with Crippen molar-refractivity contribution in [2.45, 2.75) is 32.4 Å². The number of ether oxygens (including phenoxy) is 2. The molecule has 5 nitrogen and oxygen atoms in total. The summed E-state index contributed by atoms with van der Waals surface area (Å²) in [5.41, 5.74) is 4.43. The Bertz CT molecular complexity index is 774. The lowest BCUT2D eigenvalue weighted by atomic mass is 9.97. The monoisotopic (exact) mass is 340 g/mol. The molecule has 0 radical (unpaired) electrons. The summed E-state index contributed by atoms with van der Waals surface area (Å²) in [6, 6.07) is 12.3. The summed E-state index contributed by atoms with van der Waals surface area (Å²) in [5, 5.41) is 6.46. The van der Waals surface area contributed by atoms with Gasteiger partial charge in [-0.25, -0.2) is 0 Å². The van der Waals surface area contributed by atoms with Crippen molar-refractivity contribution in [1.29, 1.82) is 0 Å². The molecule has 1 aliphatic heterocycles. The minimum atomic E-state index is 0.0954. The topological polar surface area (TPSA) is 59.6 Å². The molecule has 0 aliphatic carbocycles. The third-order valence-electron chi connectivity index (χ3n) is 4.62. The second-order valence-corrected chi connectivity index (χ2v) is 6.25. The maximum absolute atomic E-state index is 11.5. The molecule has 132 valence electrons. The summed E-state index contributed by atoms with van der Waals surface area (Å²) < 4.78 is 10.7. The third-order valence-corrected chi connectivity index (χ3v) is 4.62. The molecule has 0 fully saturated rings. The van der Waals surface area contributed by atoms with Gasteiger partial charge in [-0.2, -0.15) is 0 Å². The van der Waals surface area contributed by atoms with Gasteiger partial charge in [-0.05, 0) is 36.6 Å². The largest absolute Gasteiger partial charge is 0.497 e. The summed E-state index contributed by atoms with van der Waals surface area (Å²) in [6.07, 6.45) is 1.36. The molecule has 5 heteroatoms. The van der Waals surface area contributed by atoms with Crippen molar-refractivity contribution >= 4 is 11.6 Å². The van der Waals surface area contributed by atoms with Crippen molar-refractivity contribution in [3.63, 3.8) is 0 Å². The Morgan fingerprint density at radius 2 is 1.96 bits per heavy atom. The SMILES string of the molecule is COc1ccc(CN[C@@H](C)c2ccc3c(c2)CCC(=O)N3)c(OC)c1. The average molecular weight is 340 g/mol. The summed E-state index contributed by atoms with van der Waals surface area (Å²) >= 11 is 0. The van der Waals surface area contributed by atoms with Crippen LogP contribution in [0.5, 0.6) is 11.5 Å². The van der Waals surface area contributed by atoms with Crippen LogP contribution in [0.25, 0.3) is 0 Å². The minimum Gasteiger partial charge on any atom is -0.497 e. The molecule has 2 aromatic rings. The smallest absolute Gasteiger partial charge is 0.224 e. The Balaban J connectivity index is 1.69. The molecule has 2 N–H and O–H groups in total. The van der Waals surface area contributed by atoms with Gasteiger partial charge in [-0.1, -0.05) is 18.2 Å². The zero-order valence-corrected chi connectivity index (χ0v) is 14.9. The third kappa shape index (κ3) is 3.94. The zero-order chi connectivity index (χ0) is 17.8. The fraction of sp³-hybridized carbons (Fsp3) is 0.350. The number of anilines is 1. The van der Waals surface area contributed by atoms with Crippen LogP contribution >= 0.6 is 0 Å². The highest BCUT2D eigenvalue weighted by molar-refractivity contribution is 5.93. The van der Waals surface area contributed by atoms with Gasteiger partial charge in [-0.15, -0.1) is 0 Å². The van der Waals surface area contributed by atoms with Crippen molar-refractivity contribution in [3.05, 3.63) is 53.1 Å². The molecular weight excluding hydrogens is 316 g/mol. The fourth-order valence-corrected chi connectivity index (χ4v) is 3.05. The van der Waals surface area contributed by atoms with Crippen LogP contribution in [-0.4, -0.2) is 20.1 Å². The van der Waals surface area contributed by atoms with Gasteiger partial charge in [-0.3, -0.25) is 4.79 Å². The molecule has 2 aromatic carbocycles. The van der Waals surface area contributed by atoms with Crippen LogP contribution in [0.2, 0.25) is 0 Å². The van der Waals surface area contributed by atoms with Crippen molar-refractivity contribution in [2.24, 2.45) is 0 Å². The van der Waals surface area contributed by atoms with Crippen molar-refractivity contribution < 1.29 is 14.3 Å². The molecule has 25 heavy (non-hydrogen) atoms. The quantitative estimate of drug-likeness (QED) is 0.846. The van der Waals surface area contributed by atoms with Crippen LogP contribution in [0.15, 0.2) is 36.4 Å². The number of rotatable bonds is 6. The highest BCUT2D eigenvalue weighted by atomic mass is 16.5. The second-order valence-electron chi connectivity index (χ2n) is 6.25. The average Bonchev–Trinajstić information content (AvgIpc) is 2.65. The van der Waals surface area contributed by atoms with E-state index in [1.807, 2.05) is 24.3 Å². The normalized spacial score (nSPS) is 14.4. The van der Waals surface area contributed by atoms with E-state index in [2.05, 4.69) is 29.7 Å². The molecule has 0 saturated carbocycles. The van der Waals surface area contributed by atoms with Crippen LogP contribution in [0.1, 0.15) is 36.1 Å². The second kappa shape index (κ2) is 7.57. The Kier molecular flexibility index (Phi) is 5.24. The maximum Gasteiger partial charge on any atom is 0.224 e. The number of methoxy groups -OCH3 is 2. The lowest BCUT2D eigenvalue weighted by Gasteiger charge is -2.21. The van der Waals surface area contributed by atoms with Crippen molar-refractivity contribution in [1.82, 2.24) is 5.32 Å². The van der Waals surface area contributed by atoms with Gasteiger partial charge in [0.25, 0.3) is 0 Å². The Labute approximate surface area is 148 Å². The van der Waals surface area contributed by atoms with E-state index in [4.69, 9.17) is 9.47 Å². The molecule has 0 spiro atoms. The Morgan fingerprint density at radius 1 is 1.12 bits per heavy atom. The number of hydrogen-bond donors (Lipinski definition) is 2. The number of benzene rings is 2. The molecule has 0 aromatic heterocycles. The highest BCUT2D eigenvalue weighted by Crippen LogP contribution is 2.28. The number of aryl methyl sites for hydroxylation is 1. The maximum atomic E-state index is 11.5. The number of nitrogens with one attached hydrogen (secondary N) is 2. The van der Waals surface area contributed by atoms with E-state index in [-0.39, 0.29) is 11.9 Å². The van der Waals surface area contributed by atoms with E-state index < -0.39 is 0 Å². The van der Waals surface area contributed by atoms with Crippen LogP contribution in [0.3, 0.4) is 0 Å². The predicted molar refractivity (Wildman–Crippen MR) is 98.2 cm³/mol. The van der Waals surface area contributed by atoms with E-state index in [1.165, 1.54) is 11.1 Å².